The Hall–Kier alpha value is -2.18. The highest BCUT2D eigenvalue weighted by Crippen LogP contribution is 2.13. The first-order valence-corrected chi connectivity index (χ1v) is 5.70. The van der Waals surface area contributed by atoms with Crippen LogP contribution in [0.15, 0.2) is 18.3 Å². The van der Waals surface area contributed by atoms with Crippen molar-refractivity contribution >= 4 is 5.82 Å². The molecule has 2 aromatic heterocycles. The second kappa shape index (κ2) is 4.59. The molecule has 2 rings (SSSR count). The molecule has 2 heterocycles. The van der Waals surface area contributed by atoms with E-state index in [0.29, 0.717) is 12.6 Å². The zero-order valence-corrected chi connectivity index (χ0v) is 10.6. The van der Waals surface area contributed by atoms with Crippen LogP contribution < -0.4 is 0 Å². The van der Waals surface area contributed by atoms with E-state index in [1.54, 1.807) is 11.6 Å². The van der Waals surface area contributed by atoms with Gasteiger partial charge in [0, 0.05) is 12.2 Å². The first-order chi connectivity index (χ1) is 8.47. The Morgan fingerprint density at radius 2 is 2.17 bits per heavy atom. The lowest BCUT2D eigenvalue weighted by molar-refractivity contribution is -0.389. The largest absolute Gasteiger partial charge is 0.390 e. The maximum absolute atomic E-state index is 10.6. The van der Waals surface area contributed by atoms with E-state index in [-0.39, 0.29) is 5.82 Å². The molecule has 0 radical (unpaired) electrons. The summed E-state index contributed by atoms with van der Waals surface area (Å²) >= 11 is 0. The second-order valence-corrected chi connectivity index (χ2v) is 4.44. The minimum atomic E-state index is -0.490. The number of aryl methyl sites for hydroxylation is 1. The van der Waals surface area contributed by atoms with E-state index < -0.39 is 4.92 Å². The van der Waals surface area contributed by atoms with E-state index in [1.807, 2.05) is 30.8 Å². The van der Waals surface area contributed by atoms with Crippen LogP contribution in [-0.2, 0) is 6.54 Å². The van der Waals surface area contributed by atoms with Gasteiger partial charge in [0.1, 0.15) is 6.54 Å². The van der Waals surface area contributed by atoms with Gasteiger partial charge in [-0.25, -0.2) is 0 Å². The summed E-state index contributed by atoms with van der Waals surface area (Å²) in [5.41, 5.74) is 1.59. The Labute approximate surface area is 104 Å². The molecule has 0 saturated carbocycles. The van der Waals surface area contributed by atoms with Crippen LogP contribution in [0.25, 0.3) is 0 Å². The van der Waals surface area contributed by atoms with Gasteiger partial charge in [-0.2, -0.15) is 9.78 Å². The summed E-state index contributed by atoms with van der Waals surface area (Å²) in [6.07, 6.45) is 1.90. The van der Waals surface area contributed by atoms with Gasteiger partial charge in [0.25, 0.3) is 0 Å². The van der Waals surface area contributed by atoms with Crippen molar-refractivity contribution in [1.29, 1.82) is 0 Å². The predicted octanol–water partition coefficient (Wildman–Crippen LogP) is 1.93. The number of aromatic nitrogens is 4. The minimum absolute atomic E-state index is 0.129. The Morgan fingerprint density at radius 1 is 1.44 bits per heavy atom. The van der Waals surface area contributed by atoms with Gasteiger partial charge in [-0.05, 0) is 31.8 Å². The standard InChI is InChI=1S/C11H15N5O2/c1-8(2)14-5-4-10(12-14)7-15-9(3)6-11(13-15)16(17)18/h4-6,8H,7H2,1-3H3. The van der Waals surface area contributed by atoms with E-state index in [1.165, 1.54) is 6.07 Å². The number of hydrogen-bond donors (Lipinski definition) is 0. The molecule has 0 aliphatic rings. The normalized spacial score (nSPS) is 11.1. The molecule has 0 spiro atoms. The highest BCUT2D eigenvalue weighted by molar-refractivity contribution is 5.21. The van der Waals surface area contributed by atoms with E-state index in [0.717, 1.165) is 11.4 Å². The lowest BCUT2D eigenvalue weighted by atomic mass is 10.4. The zero-order chi connectivity index (χ0) is 13.3. The van der Waals surface area contributed by atoms with Crippen LogP contribution in [-0.4, -0.2) is 24.5 Å². The molecule has 0 unspecified atom stereocenters. The van der Waals surface area contributed by atoms with Crippen molar-refractivity contribution in [3.05, 3.63) is 39.8 Å². The van der Waals surface area contributed by atoms with Gasteiger partial charge in [-0.15, -0.1) is 0 Å². The fourth-order valence-corrected chi connectivity index (χ4v) is 1.64. The SMILES string of the molecule is Cc1cc([N+](=O)[O-])nn1Cc1ccn(C(C)C)n1. The van der Waals surface area contributed by atoms with Crippen molar-refractivity contribution in [2.75, 3.05) is 0 Å². The molecular weight excluding hydrogens is 234 g/mol. The first kappa shape index (κ1) is 12.3. The summed E-state index contributed by atoms with van der Waals surface area (Å²) in [4.78, 5) is 10.1. The third kappa shape index (κ3) is 2.39. The van der Waals surface area contributed by atoms with Crippen LogP contribution in [0.4, 0.5) is 5.82 Å². The number of nitro groups is 1. The Bertz CT molecular complexity index is 570. The van der Waals surface area contributed by atoms with Crippen LogP contribution in [0.3, 0.4) is 0 Å². The van der Waals surface area contributed by atoms with Gasteiger partial charge in [0.05, 0.1) is 22.6 Å². The smallest absolute Gasteiger partial charge is 0.358 e. The van der Waals surface area contributed by atoms with Crippen LogP contribution in [0.5, 0.6) is 0 Å². The lowest BCUT2D eigenvalue weighted by Gasteiger charge is -2.03. The zero-order valence-electron chi connectivity index (χ0n) is 10.6. The Morgan fingerprint density at radius 3 is 2.67 bits per heavy atom. The Kier molecular flexibility index (Phi) is 3.14. The highest BCUT2D eigenvalue weighted by Gasteiger charge is 2.16. The number of rotatable bonds is 4. The van der Waals surface area contributed by atoms with Crippen molar-refractivity contribution < 1.29 is 4.92 Å². The molecule has 2 aromatic rings. The van der Waals surface area contributed by atoms with Gasteiger partial charge in [-0.1, -0.05) is 0 Å². The molecule has 0 aliphatic heterocycles. The molecule has 0 aliphatic carbocycles. The molecular formula is C11H15N5O2. The summed E-state index contributed by atoms with van der Waals surface area (Å²) in [5, 5.41) is 18.9. The summed E-state index contributed by atoms with van der Waals surface area (Å²) in [6.45, 7) is 6.32. The van der Waals surface area contributed by atoms with Gasteiger partial charge in [0.15, 0.2) is 0 Å². The van der Waals surface area contributed by atoms with Crippen LogP contribution in [0.2, 0.25) is 0 Å². The number of nitrogens with zero attached hydrogens (tertiary/aromatic N) is 5. The molecule has 0 saturated heterocycles. The van der Waals surface area contributed by atoms with Crippen molar-refractivity contribution in [3.63, 3.8) is 0 Å². The monoisotopic (exact) mass is 249 g/mol. The minimum Gasteiger partial charge on any atom is -0.358 e. The summed E-state index contributed by atoms with van der Waals surface area (Å²) < 4.78 is 3.44. The molecule has 7 heteroatoms. The van der Waals surface area contributed by atoms with Gasteiger partial charge in [-0.3, -0.25) is 4.68 Å². The summed E-state index contributed by atoms with van der Waals surface area (Å²) in [5.74, 6) is -0.129. The third-order valence-electron chi connectivity index (χ3n) is 2.66. The van der Waals surface area contributed by atoms with E-state index in [4.69, 9.17) is 0 Å². The van der Waals surface area contributed by atoms with Gasteiger partial charge >= 0.3 is 5.82 Å². The molecule has 0 amide bonds. The average Bonchev–Trinajstić information content (AvgIpc) is 2.87. The molecule has 0 fully saturated rings. The van der Waals surface area contributed by atoms with E-state index in [9.17, 15) is 10.1 Å². The van der Waals surface area contributed by atoms with Crippen molar-refractivity contribution in [2.45, 2.75) is 33.4 Å². The third-order valence-corrected chi connectivity index (χ3v) is 2.66. The highest BCUT2D eigenvalue weighted by atomic mass is 16.6. The van der Waals surface area contributed by atoms with Crippen molar-refractivity contribution in [1.82, 2.24) is 19.6 Å². The molecule has 18 heavy (non-hydrogen) atoms. The van der Waals surface area contributed by atoms with Crippen LogP contribution in [0.1, 0.15) is 31.3 Å². The van der Waals surface area contributed by atoms with Gasteiger partial charge in [0.2, 0.25) is 0 Å². The first-order valence-electron chi connectivity index (χ1n) is 5.70. The number of hydrogen-bond acceptors (Lipinski definition) is 4. The van der Waals surface area contributed by atoms with Crippen LogP contribution in [0, 0.1) is 17.0 Å². The van der Waals surface area contributed by atoms with E-state index >= 15 is 0 Å². The molecule has 0 bridgehead atoms. The fourth-order valence-electron chi connectivity index (χ4n) is 1.64. The molecule has 7 nitrogen and oxygen atoms in total. The molecule has 96 valence electrons. The maximum atomic E-state index is 10.6. The topological polar surface area (TPSA) is 78.8 Å². The molecule has 0 aromatic carbocycles. The molecule has 0 atom stereocenters. The van der Waals surface area contributed by atoms with E-state index in [2.05, 4.69) is 10.2 Å². The predicted molar refractivity (Wildman–Crippen MR) is 65.3 cm³/mol. The summed E-state index contributed by atoms with van der Waals surface area (Å²) in [7, 11) is 0. The average molecular weight is 249 g/mol. The quantitative estimate of drug-likeness (QED) is 0.612. The second-order valence-electron chi connectivity index (χ2n) is 4.44. The van der Waals surface area contributed by atoms with Crippen molar-refractivity contribution in [3.8, 4) is 0 Å². The molecule has 0 N–H and O–H groups in total. The van der Waals surface area contributed by atoms with Crippen LogP contribution >= 0.6 is 0 Å². The van der Waals surface area contributed by atoms with Crippen molar-refractivity contribution in [2.24, 2.45) is 0 Å². The van der Waals surface area contributed by atoms with Gasteiger partial charge < -0.3 is 10.1 Å². The maximum Gasteiger partial charge on any atom is 0.390 e. The lowest BCUT2D eigenvalue weighted by Crippen LogP contribution is -2.07. The Balaban J connectivity index is 2.20. The summed E-state index contributed by atoms with van der Waals surface area (Å²) in [6, 6.07) is 3.65. The fraction of sp³-hybridized carbons (Fsp3) is 0.455.